The van der Waals surface area contributed by atoms with Gasteiger partial charge in [0.05, 0.1) is 23.4 Å². The molecule has 0 aromatic heterocycles. The van der Waals surface area contributed by atoms with Crippen molar-refractivity contribution in [2.24, 2.45) is 0 Å². The monoisotopic (exact) mass is 617 g/mol. The molecule has 1 atom stereocenters. The predicted octanol–water partition coefficient (Wildman–Crippen LogP) is 2.30. The highest BCUT2D eigenvalue weighted by molar-refractivity contribution is 9.09. The second-order valence-corrected chi connectivity index (χ2v) is 11.2. The number of anilines is 1. The van der Waals surface area contributed by atoms with Crippen LogP contribution < -0.4 is 10.6 Å². The maximum atomic E-state index is 13.2. The molecule has 3 aliphatic rings. The lowest BCUT2D eigenvalue weighted by molar-refractivity contribution is -0.136. The first-order valence-corrected chi connectivity index (χ1v) is 15.1. The van der Waals surface area contributed by atoms with E-state index in [0.29, 0.717) is 32.6 Å². The lowest BCUT2D eigenvalue weighted by Crippen LogP contribution is -2.54. The second kappa shape index (κ2) is 14.0. The average molecular weight is 619 g/mol. The van der Waals surface area contributed by atoms with Gasteiger partial charge in [-0.2, -0.15) is 0 Å². The Bertz CT molecular complexity index is 1170. The number of hydrogen-bond donors (Lipinski definition) is 2. The third-order valence-corrected chi connectivity index (χ3v) is 8.17. The quantitative estimate of drug-likeness (QED) is 0.209. The topological polar surface area (TPSA) is 136 Å². The molecule has 1 aromatic rings. The van der Waals surface area contributed by atoms with Crippen molar-refractivity contribution in [2.75, 3.05) is 43.4 Å². The third-order valence-electron chi connectivity index (χ3n) is 7.61. The number of piperazine rings is 1. The van der Waals surface area contributed by atoms with E-state index < -0.39 is 29.7 Å². The zero-order chi connectivity index (χ0) is 28.6. The number of nitrogens with one attached hydrogen (secondary N) is 2. The van der Waals surface area contributed by atoms with E-state index in [0.717, 1.165) is 29.5 Å². The van der Waals surface area contributed by atoms with Crippen molar-refractivity contribution in [3.63, 3.8) is 0 Å². The van der Waals surface area contributed by atoms with Crippen molar-refractivity contribution >= 4 is 57.1 Å². The number of nitrogens with zero attached hydrogens (tertiary/aromatic N) is 3. The highest BCUT2D eigenvalue weighted by Gasteiger charge is 2.45. The van der Waals surface area contributed by atoms with E-state index in [4.69, 9.17) is 0 Å². The zero-order valence-corrected chi connectivity index (χ0v) is 24.2. The number of fused-ring (bicyclic) bond motifs is 1. The van der Waals surface area contributed by atoms with Crippen LogP contribution in [0.25, 0.3) is 0 Å². The Labute approximate surface area is 242 Å². The first-order chi connectivity index (χ1) is 19.3. The average Bonchev–Trinajstić information content (AvgIpc) is 3.18. The molecular weight excluding hydrogens is 582 g/mol. The van der Waals surface area contributed by atoms with Crippen LogP contribution in [-0.4, -0.2) is 94.2 Å². The van der Waals surface area contributed by atoms with Crippen LogP contribution in [0, 0.1) is 0 Å². The van der Waals surface area contributed by atoms with Gasteiger partial charge in [-0.1, -0.05) is 47.7 Å². The summed E-state index contributed by atoms with van der Waals surface area (Å²) < 4.78 is 0. The van der Waals surface area contributed by atoms with Crippen molar-refractivity contribution in [3.05, 3.63) is 29.3 Å². The Morgan fingerprint density at radius 1 is 0.925 bits per heavy atom. The van der Waals surface area contributed by atoms with E-state index in [1.54, 1.807) is 12.1 Å². The molecule has 12 heteroatoms. The van der Waals surface area contributed by atoms with Crippen LogP contribution >= 0.6 is 15.9 Å². The molecule has 3 heterocycles. The molecule has 0 radical (unpaired) electrons. The molecule has 3 aliphatic heterocycles. The first-order valence-electron chi connectivity index (χ1n) is 14.0. The summed E-state index contributed by atoms with van der Waals surface area (Å²) in [6.07, 6.45) is 7.38. The van der Waals surface area contributed by atoms with Gasteiger partial charge >= 0.3 is 0 Å². The van der Waals surface area contributed by atoms with E-state index in [9.17, 15) is 28.8 Å². The fraction of sp³-hybridized carbons (Fsp3) is 0.571. The van der Waals surface area contributed by atoms with Gasteiger partial charge < -0.3 is 10.2 Å². The largest absolute Gasteiger partial charge is 0.340 e. The summed E-state index contributed by atoms with van der Waals surface area (Å²) in [6.45, 7) is 2.34. The maximum absolute atomic E-state index is 13.2. The molecule has 2 N–H and O–H groups in total. The van der Waals surface area contributed by atoms with Gasteiger partial charge in [0.15, 0.2) is 0 Å². The Hall–Kier alpha value is -3.12. The van der Waals surface area contributed by atoms with E-state index in [1.807, 2.05) is 9.80 Å². The number of carbonyl (C=O) groups excluding carboxylic acids is 6. The van der Waals surface area contributed by atoms with E-state index in [2.05, 4.69) is 26.6 Å². The molecule has 0 bridgehead atoms. The van der Waals surface area contributed by atoms with Crippen molar-refractivity contribution in [2.45, 2.75) is 63.8 Å². The Kier molecular flexibility index (Phi) is 10.4. The number of piperidine rings is 1. The van der Waals surface area contributed by atoms with Gasteiger partial charge in [-0.15, -0.1) is 0 Å². The number of halogens is 1. The van der Waals surface area contributed by atoms with E-state index in [1.165, 1.54) is 25.3 Å². The highest BCUT2D eigenvalue weighted by Crippen LogP contribution is 2.32. The smallest absolute Gasteiger partial charge is 0.264 e. The Morgan fingerprint density at radius 2 is 1.62 bits per heavy atom. The fourth-order valence-electron chi connectivity index (χ4n) is 5.40. The predicted molar refractivity (Wildman–Crippen MR) is 151 cm³/mol. The van der Waals surface area contributed by atoms with Crippen LogP contribution in [0.2, 0.25) is 0 Å². The molecule has 40 heavy (non-hydrogen) atoms. The van der Waals surface area contributed by atoms with Gasteiger partial charge in [-0.3, -0.25) is 43.9 Å². The summed E-state index contributed by atoms with van der Waals surface area (Å²) in [5.74, 6) is -2.60. The van der Waals surface area contributed by atoms with Crippen LogP contribution in [-0.2, 0) is 19.2 Å². The van der Waals surface area contributed by atoms with Crippen LogP contribution in [0.4, 0.5) is 5.69 Å². The normalized spacial score (nSPS) is 19.6. The number of benzene rings is 1. The highest BCUT2D eigenvalue weighted by atomic mass is 79.9. The Morgan fingerprint density at radius 3 is 2.33 bits per heavy atom. The van der Waals surface area contributed by atoms with E-state index >= 15 is 0 Å². The molecule has 216 valence electrons. The molecule has 0 aliphatic carbocycles. The van der Waals surface area contributed by atoms with Crippen molar-refractivity contribution in [1.29, 1.82) is 0 Å². The van der Waals surface area contributed by atoms with Crippen LogP contribution in [0.5, 0.6) is 0 Å². The fourth-order valence-corrected chi connectivity index (χ4v) is 5.80. The molecule has 1 unspecified atom stereocenters. The third kappa shape index (κ3) is 7.14. The summed E-state index contributed by atoms with van der Waals surface area (Å²) >= 11 is 3.44. The molecule has 4 rings (SSSR count). The Balaban J connectivity index is 1.25. The van der Waals surface area contributed by atoms with Crippen LogP contribution in [0.1, 0.15) is 78.5 Å². The van der Waals surface area contributed by atoms with Crippen molar-refractivity contribution < 1.29 is 28.8 Å². The lowest BCUT2D eigenvalue weighted by Gasteiger charge is -2.34. The molecule has 2 saturated heterocycles. The molecule has 6 amide bonds. The molecular formula is C28H36BrN5O6. The SMILES string of the molecule is O=C1CCC(N2C(=O)c3cccc(NC(=O)CN4CCN(C(=O)CCCCCCCCBr)CC4)c3C2=O)C(=O)N1. The standard InChI is InChI=1S/C28H36BrN5O6/c29-13-6-4-2-1-3-5-10-24(37)33-16-14-32(15-17-33)18-23(36)30-20-9-7-8-19-25(20)28(40)34(27(19)39)21-11-12-22(35)31-26(21)38/h7-9,21H,1-6,10-18H2,(H,30,36)(H,31,35,38). The zero-order valence-electron chi connectivity index (χ0n) is 22.6. The summed E-state index contributed by atoms with van der Waals surface area (Å²) in [6, 6.07) is 3.53. The number of alkyl halides is 1. The maximum Gasteiger partial charge on any atom is 0.264 e. The summed E-state index contributed by atoms with van der Waals surface area (Å²) in [4.78, 5) is 80.2. The minimum absolute atomic E-state index is 0.0318. The van der Waals surface area contributed by atoms with Gasteiger partial charge in [0.25, 0.3) is 11.8 Å². The number of amides is 6. The first kappa shape index (κ1) is 29.9. The van der Waals surface area contributed by atoms with Crippen molar-refractivity contribution in [3.8, 4) is 0 Å². The number of rotatable bonds is 12. The lowest BCUT2D eigenvalue weighted by atomic mass is 10.0. The van der Waals surface area contributed by atoms with Gasteiger partial charge in [0, 0.05) is 44.4 Å². The molecule has 0 saturated carbocycles. The van der Waals surface area contributed by atoms with Crippen molar-refractivity contribution in [1.82, 2.24) is 20.0 Å². The minimum Gasteiger partial charge on any atom is -0.340 e. The van der Waals surface area contributed by atoms with E-state index in [-0.39, 0.29) is 48.0 Å². The molecule has 11 nitrogen and oxygen atoms in total. The number of unbranched alkanes of at least 4 members (excludes halogenated alkanes) is 5. The van der Waals surface area contributed by atoms with Gasteiger partial charge in [-0.05, 0) is 31.4 Å². The number of hydrogen-bond acceptors (Lipinski definition) is 7. The molecule has 1 aromatic carbocycles. The molecule has 2 fully saturated rings. The number of imide groups is 2. The molecule has 0 spiro atoms. The van der Waals surface area contributed by atoms with Gasteiger partial charge in [0.2, 0.25) is 23.6 Å². The summed E-state index contributed by atoms with van der Waals surface area (Å²) in [5.41, 5.74) is 0.360. The minimum atomic E-state index is -1.07. The van der Waals surface area contributed by atoms with Crippen LogP contribution in [0.15, 0.2) is 18.2 Å². The van der Waals surface area contributed by atoms with Crippen LogP contribution in [0.3, 0.4) is 0 Å². The summed E-state index contributed by atoms with van der Waals surface area (Å²) in [7, 11) is 0. The second-order valence-electron chi connectivity index (χ2n) is 10.4. The van der Waals surface area contributed by atoms with Gasteiger partial charge in [-0.25, -0.2) is 0 Å². The van der Waals surface area contributed by atoms with Gasteiger partial charge in [0.1, 0.15) is 6.04 Å². The summed E-state index contributed by atoms with van der Waals surface area (Å²) in [5, 5.41) is 5.96. The number of carbonyl (C=O) groups is 6.